The van der Waals surface area contributed by atoms with Crippen LogP contribution in [0.3, 0.4) is 0 Å². The Labute approximate surface area is 263 Å². The lowest BCUT2D eigenvalue weighted by molar-refractivity contribution is -0.274. The maximum atomic E-state index is 13.9. The van der Waals surface area contributed by atoms with Crippen LogP contribution in [0.15, 0.2) is 30.6 Å². The summed E-state index contributed by atoms with van der Waals surface area (Å²) in [7, 11) is -3.28. The van der Waals surface area contributed by atoms with Crippen molar-refractivity contribution in [2.75, 3.05) is 41.2 Å². The van der Waals surface area contributed by atoms with Crippen molar-refractivity contribution in [3.8, 4) is 5.75 Å². The lowest BCUT2D eigenvalue weighted by Gasteiger charge is -2.28. The molecule has 2 saturated heterocycles. The largest absolute Gasteiger partial charge is 0.573 e. The van der Waals surface area contributed by atoms with Crippen molar-refractivity contribution in [2.24, 2.45) is 0 Å². The van der Waals surface area contributed by atoms with Gasteiger partial charge in [-0.05, 0) is 54.8 Å². The zero-order valence-electron chi connectivity index (χ0n) is 24.4. The van der Waals surface area contributed by atoms with E-state index in [0.29, 0.717) is 23.4 Å². The van der Waals surface area contributed by atoms with E-state index in [0.717, 1.165) is 47.6 Å². The fourth-order valence-electron chi connectivity index (χ4n) is 5.58. The Kier molecular flexibility index (Phi) is 9.86. The summed E-state index contributed by atoms with van der Waals surface area (Å²) in [5.41, 5.74) is 5.87. The van der Waals surface area contributed by atoms with Crippen molar-refractivity contribution in [3.05, 3.63) is 36.2 Å². The summed E-state index contributed by atoms with van der Waals surface area (Å²) < 4.78 is 76.1. The molecule has 17 heteroatoms. The van der Waals surface area contributed by atoms with E-state index >= 15 is 0 Å². The third-order valence-electron chi connectivity index (χ3n) is 7.77. The van der Waals surface area contributed by atoms with Crippen LogP contribution in [0.2, 0.25) is 0 Å². The van der Waals surface area contributed by atoms with Gasteiger partial charge in [-0.15, -0.1) is 13.2 Å². The number of thiol groups is 1. The number of likely N-dealkylation sites (tertiary alicyclic amines) is 1. The maximum absolute atomic E-state index is 13.9. The van der Waals surface area contributed by atoms with E-state index in [-0.39, 0.29) is 41.3 Å². The Hall–Kier alpha value is -3.86. The number of rotatable bonds is 12. The van der Waals surface area contributed by atoms with E-state index in [9.17, 15) is 31.2 Å². The highest BCUT2D eigenvalue weighted by Crippen LogP contribution is 2.37. The fraction of sp³-hybridized carbons (Fsp3) is 0.500. The minimum Gasteiger partial charge on any atom is -0.464 e. The van der Waals surface area contributed by atoms with Crippen LogP contribution in [0.5, 0.6) is 5.75 Å². The third kappa shape index (κ3) is 7.35. The molecule has 2 N–H and O–H groups in total. The Bertz CT molecular complexity index is 1620. The van der Waals surface area contributed by atoms with E-state index in [1.54, 1.807) is 6.07 Å². The molecule has 0 bridgehead atoms. The first-order chi connectivity index (χ1) is 21.5. The highest BCUT2D eigenvalue weighted by atomic mass is 32.2. The summed E-state index contributed by atoms with van der Waals surface area (Å²) in [5, 5.41) is 1.57. The topological polar surface area (TPSA) is 148 Å². The van der Waals surface area contributed by atoms with Gasteiger partial charge < -0.3 is 25.0 Å². The van der Waals surface area contributed by atoms with Crippen molar-refractivity contribution in [1.82, 2.24) is 14.9 Å². The van der Waals surface area contributed by atoms with Crippen LogP contribution < -0.4 is 19.7 Å². The second kappa shape index (κ2) is 13.6. The first-order valence-corrected chi connectivity index (χ1v) is 16.5. The lowest BCUT2D eigenvalue weighted by Crippen LogP contribution is -2.48. The molecular weight excluding hydrogens is 637 g/mol. The van der Waals surface area contributed by atoms with E-state index in [1.807, 2.05) is 11.8 Å². The molecule has 2 fully saturated rings. The number of hydrogen-bond acceptors (Lipinski definition) is 11. The number of pyridine rings is 1. The van der Waals surface area contributed by atoms with Gasteiger partial charge in [0.1, 0.15) is 28.7 Å². The minimum atomic E-state index is -5.06. The van der Waals surface area contributed by atoms with Crippen LogP contribution in [0, 0.1) is 0 Å². The monoisotopic (exact) mass is 670 g/mol. The molecule has 1 aromatic carbocycles. The molecule has 12 nitrogen and oxygen atoms in total. The molecule has 0 radical (unpaired) electrons. The molecule has 0 spiro atoms. The fourth-order valence-corrected chi connectivity index (χ4v) is 7.49. The maximum Gasteiger partial charge on any atom is 0.573 e. The van der Waals surface area contributed by atoms with Crippen LogP contribution in [0.1, 0.15) is 44.6 Å². The van der Waals surface area contributed by atoms with E-state index in [1.165, 1.54) is 23.4 Å². The second-order valence-electron chi connectivity index (χ2n) is 10.8. The Morgan fingerprint density at radius 3 is 2.67 bits per heavy atom. The van der Waals surface area contributed by atoms with Gasteiger partial charge in [-0.25, -0.2) is 27.5 Å². The number of fused-ring (bicyclic) bond motifs is 1. The number of ether oxygens (including phenoxy) is 2. The molecule has 4 heterocycles. The number of nitrogens with zero attached hydrogens (tertiary/aromatic N) is 5. The average Bonchev–Trinajstić information content (AvgIpc) is 3.74. The predicted octanol–water partition coefficient (Wildman–Crippen LogP) is 3.66. The first kappa shape index (κ1) is 32.5. The van der Waals surface area contributed by atoms with Crippen LogP contribution >= 0.6 is 11.3 Å². The van der Waals surface area contributed by atoms with Gasteiger partial charge in [0.2, 0.25) is 16.8 Å². The number of nitrogen functional groups attached to an aromatic ring is 1. The van der Waals surface area contributed by atoms with Gasteiger partial charge in [-0.2, -0.15) is 0 Å². The number of hydrogen-bond donors (Lipinski definition) is 2. The van der Waals surface area contributed by atoms with Crippen molar-refractivity contribution in [3.63, 3.8) is 0 Å². The lowest BCUT2D eigenvalue weighted by atomic mass is 10.00. The summed E-state index contributed by atoms with van der Waals surface area (Å²) in [6, 6.07) is 1.51. The van der Waals surface area contributed by atoms with Gasteiger partial charge in [0.25, 0.3) is 0 Å². The van der Waals surface area contributed by atoms with Crippen LogP contribution in [-0.4, -0.2) is 79.8 Å². The molecule has 3 aromatic rings. The number of carbonyl (C=O) groups is 2. The number of benzene rings is 1. The molecule has 2 aliphatic rings. The molecule has 0 aliphatic carbocycles. The van der Waals surface area contributed by atoms with Crippen molar-refractivity contribution < 1.29 is 40.7 Å². The first-order valence-electron chi connectivity index (χ1n) is 14.5. The number of carbonyl (C=O) groups excluding carboxylic acids is 2. The quantitative estimate of drug-likeness (QED) is 0.166. The van der Waals surface area contributed by atoms with Crippen molar-refractivity contribution in [1.29, 1.82) is 0 Å². The number of unbranched alkanes of at least 4 members (excludes halogenated alkanes) is 1. The molecular formula is C28H33F3N6O6S2. The van der Waals surface area contributed by atoms with E-state index < -0.39 is 53.4 Å². The SMILES string of the molecule is CCCCOC(=O)[C@@H](Cc1cc2ccnc(N)c2cc1OC(F)(F)F)N1CC[C@H](N(c2cnc(N3CCCC3)s2)[SH](=O)=O)C1=O. The summed E-state index contributed by atoms with van der Waals surface area (Å²) >= 11 is 1.15. The van der Waals surface area contributed by atoms with Gasteiger partial charge in [-0.1, -0.05) is 24.7 Å². The molecule has 2 aliphatic heterocycles. The zero-order valence-corrected chi connectivity index (χ0v) is 26.1. The number of anilines is 3. The summed E-state index contributed by atoms with van der Waals surface area (Å²) in [6.45, 7) is 3.50. The molecule has 0 saturated carbocycles. The smallest absolute Gasteiger partial charge is 0.464 e. The number of amides is 1. The molecule has 2 aromatic heterocycles. The number of alkyl halides is 3. The highest BCUT2D eigenvalue weighted by molar-refractivity contribution is 7.74. The Morgan fingerprint density at radius 2 is 1.98 bits per heavy atom. The number of halogens is 3. The Morgan fingerprint density at radius 1 is 1.22 bits per heavy atom. The van der Waals surface area contributed by atoms with E-state index in [2.05, 4.69) is 14.7 Å². The standard InChI is InChI=1S/C28H33F3N6O6S2/c1-2-3-12-42-26(39)21(14-18-13-17-6-8-33-24(32)19(17)15-22(18)43-28(29,30)31)36-11-7-20(25(36)38)37(45(40)41)23-16-34-27(44-23)35-9-4-5-10-35/h6,8,13,15-16,20-21,45H,2-5,7,9-12,14H2,1H3,(H2,32,33)/t20-,21+/m0/s1. The number of nitrogens with two attached hydrogens (primary N) is 1. The average molecular weight is 671 g/mol. The highest BCUT2D eigenvalue weighted by Gasteiger charge is 2.44. The van der Waals surface area contributed by atoms with Gasteiger partial charge in [0, 0.05) is 37.6 Å². The molecule has 45 heavy (non-hydrogen) atoms. The van der Waals surface area contributed by atoms with Crippen LogP contribution in [-0.2, 0) is 31.6 Å². The van der Waals surface area contributed by atoms with Crippen molar-refractivity contribution >= 4 is 60.8 Å². The van der Waals surface area contributed by atoms with Gasteiger partial charge >= 0.3 is 12.3 Å². The summed E-state index contributed by atoms with van der Waals surface area (Å²) in [4.78, 5) is 38.8. The third-order valence-corrected chi connectivity index (χ3v) is 9.81. The van der Waals surface area contributed by atoms with Gasteiger partial charge in [0.15, 0.2) is 5.13 Å². The van der Waals surface area contributed by atoms with E-state index in [4.69, 9.17) is 10.5 Å². The minimum absolute atomic E-state index is 0.0121. The van der Waals surface area contributed by atoms with Crippen molar-refractivity contribution in [2.45, 2.75) is 63.9 Å². The predicted molar refractivity (Wildman–Crippen MR) is 163 cm³/mol. The zero-order chi connectivity index (χ0) is 32.3. The molecule has 1 amide bonds. The second-order valence-corrected chi connectivity index (χ2v) is 12.7. The molecule has 0 unspecified atom stereocenters. The summed E-state index contributed by atoms with van der Waals surface area (Å²) in [6.07, 6.45) is 0.639. The normalized spacial score (nSPS) is 17.8. The van der Waals surface area contributed by atoms with Crippen LogP contribution in [0.25, 0.3) is 10.8 Å². The number of aromatic nitrogens is 2. The Balaban J connectivity index is 1.47. The summed E-state index contributed by atoms with van der Waals surface area (Å²) in [5.74, 6) is -2.11. The number of esters is 1. The van der Waals surface area contributed by atoms with Gasteiger partial charge in [-0.3, -0.25) is 4.79 Å². The molecule has 244 valence electrons. The molecule has 5 rings (SSSR count). The van der Waals surface area contributed by atoms with Crippen LogP contribution in [0.4, 0.5) is 29.1 Å². The molecule has 2 atom stereocenters. The number of thiazole rings is 1. The van der Waals surface area contributed by atoms with Gasteiger partial charge in [0.05, 0.1) is 12.8 Å².